The molecule has 1 amide bonds. The predicted octanol–water partition coefficient (Wildman–Crippen LogP) is 1.68. The maximum absolute atomic E-state index is 12.4. The molecule has 1 heterocycles. The molecule has 0 saturated heterocycles. The van der Waals surface area contributed by atoms with Gasteiger partial charge < -0.3 is 5.32 Å². The van der Waals surface area contributed by atoms with Gasteiger partial charge in [-0.15, -0.1) is 5.10 Å². The summed E-state index contributed by atoms with van der Waals surface area (Å²) in [6, 6.07) is 6.41. The molecule has 130 valence electrons. The largest absolute Gasteiger partial charge is 0.325 e. The second kappa shape index (κ2) is 7.71. The van der Waals surface area contributed by atoms with Gasteiger partial charge in [-0.2, -0.15) is 0 Å². The van der Waals surface area contributed by atoms with Crippen LogP contribution in [0.2, 0.25) is 5.02 Å². The highest BCUT2D eigenvalue weighted by Gasteiger charge is 2.30. The van der Waals surface area contributed by atoms with Crippen LogP contribution in [0.5, 0.6) is 0 Å². The van der Waals surface area contributed by atoms with Crippen molar-refractivity contribution in [3.8, 4) is 0 Å². The van der Waals surface area contributed by atoms with Gasteiger partial charge in [-0.25, -0.2) is 13.1 Å². The number of benzene rings is 1. The lowest BCUT2D eigenvalue weighted by molar-refractivity contribution is -0.115. The summed E-state index contributed by atoms with van der Waals surface area (Å²) in [7, 11) is -3.75. The fourth-order valence-electron chi connectivity index (χ4n) is 1.96. The molecular weight excluding hydrogens is 354 g/mol. The van der Waals surface area contributed by atoms with E-state index >= 15 is 0 Å². The number of aromatic nitrogens is 4. The number of hydrogen-bond acceptors (Lipinski definition) is 6. The van der Waals surface area contributed by atoms with Crippen LogP contribution in [0.15, 0.2) is 24.3 Å². The highest BCUT2D eigenvalue weighted by Crippen LogP contribution is 2.16. The van der Waals surface area contributed by atoms with Crippen LogP contribution in [0.4, 0.5) is 5.69 Å². The van der Waals surface area contributed by atoms with Gasteiger partial charge in [0, 0.05) is 17.3 Å². The predicted molar refractivity (Wildman–Crippen MR) is 90.3 cm³/mol. The monoisotopic (exact) mass is 371 g/mol. The number of sulfone groups is 1. The molecule has 1 atom stereocenters. The second-order valence-electron chi connectivity index (χ2n) is 5.26. The molecule has 2 rings (SSSR count). The van der Waals surface area contributed by atoms with Gasteiger partial charge in [0.25, 0.3) is 0 Å². The fourth-order valence-corrected chi connectivity index (χ4v) is 3.28. The van der Waals surface area contributed by atoms with Gasteiger partial charge in [0.05, 0.1) is 0 Å². The number of anilines is 1. The van der Waals surface area contributed by atoms with Gasteiger partial charge in [-0.1, -0.05) is 18.5 Å². The summed E-state index contributed by atoms with van der Waals surface area (Å²) >= 11 is 5.77. The third kappa shape index (κ3) is 4.51. The zero-order chi connectivity index (χ0) is 17.7. The molecule has 0 spiro atoms. The van der Waals surface area contributed by atoms with Crippen LogP contribution < -0.4 is 5.32 Å². The molecule has 0 aliphatic heterocycles. The number of rotatable bonds is 7. The summed E-state index contributed by atoms with van der Waals surface area (Å²) in [6.07, 6.45) is 0.769. The minimum atomic E-state index is -3.75. The zero-order valence-corrected chi connectivity index (χ0v) is 14.9. The lowest BCUT2D eigenvalue weighted by Crippen LogP contribution is -2.34. The Hall–Kier alpha value is -2.00. The number of aryl methyl sites for hydroxylation is 1. The third-order valence-electron chi connectivity index (χ3n) is 3.39. The summed E-state index contributed by atoms with van der Waals surface area (Å²) in [6.45, 7) is 3.79. The van der Waals surface area contributed by atoms with E-state index in [1.165, 1.54) is 11.6 Å². The summed E-state index contributed by atoms with van der Waals surface area (Å²) in [4.78, 5) is 12.2. The molecule has 0 aliphatic carbocycles. The summed E-state index contributed by atoms with van der Waals surface area (Å²) in [5.74, 6) is -0.787. The molecule has 10 heteroatoms. The van der Waals surface area contributed by atoms with E-state index in [4.69, 9.17) is 11.6 Å². The molecule has 2 aromatic rings. The van der Waals surface area contributed by atoms with Crippen molar-refractivity contribution in [2.75, 3.05) is 5.32 Å². The van der Waals surface area contributed by atoms with Crippen LogP contribution in [0.3, 0.4) is 0 Å². The van der Waals surface area contributed by atoms with Crippen molar-refractivity contribution in [2.45, 2.75) is 37.8 Å². The number of halogens is 1. The molecule has 1 aromatic heterocycles. The lowest BCUT2D eigenvalue weighted by atomic mass is 10.3. The maximum Gasteiger partial charge on any atom is 0.242 e. The molecule has 1 aromatic carbocycles. The first-order valence-electron chi connectivity index (χ1n) is 7.36. The summed E-state index contributed by atoms with van der Waals surface area (Å²) in [5.41, 5.74) is 0.474. The van der Waals surface area contributed by atoms with E-state index in [0.717, 1.165) is 6.42 Å². The van der Waals surface area contributed by atoms with Gasteiger partial charge >= 0.3 is 0 Å². The highest BCUT2D eigenvalue weighted by atomic mass is 35.5. The highest BCUT2D eigenvalue weighted by molar-refractivity contribution is 7.92. The third-order valence-corrected chi connectivity index (χ3v) is 5.60. The SMILES string of the molecule is CCCn1nnnc1CS(=O)(=O)C(C)C(=O)Nc1ccc(Cl)cc1. The zero-order valence-electron chi connectivity index (χ0n) is 13.3. The normalized spacial score (nSPS) is 12.8. The van der Waals surface area contributed by atoms with Crippen molar-refractivity contribution in [1.82, 2.24) is 20.2 Å². The van der Waals surface area contributed by atoms with E-state index in [1.807, 2.05) is 6.92 Å². The lowest BCUT2D eigenvalue weighted by Gasteiger charge is -2.13. The fraction of sp³-hybridized carbons (Fsp3) is 0.429. The van der Waals surface area contributed by atoms with Crippen molar-refractivity contribution >= 4 is 33.0 Å². The maximum atomic E-state index is 12.4. The molecule has 0 bridgehead atoms. The van der Waals surface area contributed by atoms with E-state index in [0.29, 0.717) is 17.3 Å². The first-order chi connectivity index (χ1) is 11.3. The van der Waals surface area contributed by atoms with Gasteiger partial charge in [-0.05, 0) is 48.0 Å². The van der Waals surface area contributed by atoms with E-state index in [2.05, 4.69) is 20.8 Å². The number of nitrogens with zero attached hydrogens (tertiary/aromatic N) is 4. The molecule has 0 aliphatic rings. The molecule has 8 nitrogen and oxygen atoms in total. The summed E-state index contributed by atoms with van der Waals surface area (Å²) < 4.78 is 26.3. The van der Waals surface area contributed by atoms with Crippen molar-refractivity contribution in [3.05, 3.63) is 35.1 Å². The quantitative estimate of drug-likeness (QED) is 0.793. The molecular formula is C14H18ClN5O3S. The molecule has 24 heavy (non-hydrogen) atoms. The Morgan fingerprint density at radius 1 is 1.33 bits per heavy atom. The minimum Gasteiger partial charge on any atom is -0.325 e. The van der Waals surface area contributed by atoms with Gasteiger partial charge in [0.15, 0.2) is 15.7 Å². The van der Waals surface area contributed by atoms with Crippen LogP contribution >= 0.6 is 11.6 Å². The Morgan fingerprint density at radius 3 is 2.62 bits per heavy atom. The number of carbonyl (C=O) groups is 1. The first kappa shape index (κ1) is 18.3. The van der Waals surface area contributed by atoms with Crippen LogP contribution in [-0.2, 0) is 26.9 Å². The molecule has 0 fully saturated rings. The van der Waals surface area contributed by atoms with Crippen molar-refractivity contribution in [1.29, 1.82) is 0 Å². The van der Waals surface area contributed by atoms with Crippen molar-refractivity contribution in [3.63, 3.8) is 0 Å². The van der Waals surface area contributed by atoms with Gasteiger partial charge in [0.1, 0.15) is 11.0 Å². The van der Waals surface area contributed by atoms with Gasteiger partial charge in [0.2, 0.25) is 5.91 Å². The Kier molecular flexibility index (Phi) is 5.89. The van der Waals surface area contributed by atoms with Crippen LogP contribution in [0, 0.1) is 0 Å². The summed E-state index contributed by atoms with van der Waals surface area (Å²) in [5, 5.41) is 12.8. The molecule has 0 saturated carbocycles. The smallest absolute Gasteiger partial charge is 0.242 e. The van der Waals surface area contributed by atoms with Crippen molar-refractivity contribution < 1.29 is 13.2 Å². The number of amides is 1. The van der Waals surface area contributed by atoms with Gasteiger partial charge in [-0.3, -0.25) is 4.79 Å². The van der Waals surface area contributed by atoms with Crippen molar-refractivity contribution in [2.24, 2.45) is 0 Å². The Balaban J connectivity index is 2.08. The number of nitrogens with one attached hydrogen (secondary N) is 1. The average Bonchev–Trinajstić information content (AvgIpc) is 2.95. The Labute approximate surface area is 145 Å². The standard InChI is InChI=1S/C14H18ClN5O3S/c1-3-8-20-13(17-18-19-20)9-24(22,23)10(2)14(21)16-12-6-4-11(15)5-7-12/h4-7,10H,3,8-9H2,1-2H3,(H,16,21). The average molecular weight is 372 g/mol. The molecule has 1 N–H and O–H groups in total. The van der Waals surface area contributed by atoms with E-state index in [9.17, 15) is 13.2 Å². The number of hydrogen-bond donors (Lipinski definition) is 1. The Morgan fingerprint density at radius 2 is 2.00 bits per heavy atom. The minimum absolute atomic E-state index is 0.225. The second-order valence-corrected chi connectivity index (χ2v) is 8.02. The van der Waals surface area contributed by atoms with E-state index in [1.54, 1.807) is 24.3 Å². The number of tetrazole rings is 1. The van der Waals surface area contributed by atoms with Crippen LogP contribution in [0.1, 0.15) is 26.1 Å². The topological polar surface area (TPSA) is 107 Å². The molecule has 0 radical (unpaired) electrons. The van der Waals surface area contributed by atoms with Crippen LogP contribution in [0.25, 0.3) is 0 Å². The molecule has 1 unspecified atom stereocenters. The Bertz CT molecular complexity index is 804. The van der Waals surface area contributed by atoms with Crippen LogP contribution in [-0.4, -0.2) is 39.8 Å². The van der Waals surface area contributed by atoms with E-state index < -0.39 is 26.7 Å². The van der Waals surface area contributed by atoms with E-state index in [-0.39, 0.29) is 5.82 Å². The first-order valence-corrected chi connectivity index (χ1v) is 9.46. The number of carbonyl (C=O) groups excluding carboxylic acids is 1.